The second-order valence-electron chi connectivity index (χ2n) is 6.26. The number of pyridine rings is 1. The fourth-order valence-electron chi connectivity index (χ4n) is 3.00. The Bertz CT molecular complexity index is 703. The van der Waals surface area contributed by atoms with Crippen molar-refractivity contribution in [1.29, 1.82) is 0 Å². The van der Waals surface area contributed by atoms with Crippen molar-refractivity contribution in [2.75, 3.05) is 13.1 Å². The van der Waals surface area contributed by atoms with E-state index in [1.165, 1.54) is 12.1 Å². The van der Waals surface area contributed by atoms with Crippen molar-refractivity contribution in [3.05, 3.63) is 65.2 Å². The van der Waals surface area contributed by atoms with E-state index in [1.807, 2.05) is 6.07 Å². The Morgan fingerprint density at radius 3 is 2.75 bits per heavy atom. The first-order valence-corrected chi connectivity index (χ1v) is 8.27. The largest absolute Gasteiger partial charge is 0.393 e. The van der Waals surface area contributed by atoms with Gasteiger partial charge in [-0.1, -0.05) is 12.1 Å². The molecule has 3 rings (SSSR count). The maximum Gasteiger partial charge on any atom is 0.255 e. The van der Waals surface area contributed by atoms with Crippen LogP contribution < -0.4 is 0 Å². The molecule has 2 heterocycles. The van der Waals surface area contributed by atoms with Crippen molar-refractivity contribution in [2.45, 2.75) is 31.8 Å². The zero-order valence-corrected chi connectivity index (χ0v) is 13.5. The molecule has 0 radical (unpaired) electrons. The number of carbonyl (C=O) groups is 1. The van der Waals surface area contributed by atoms with Gasteiger partial charge in [-0.25, -0.2) is 4.39 Å². The van der Waals surface area contributed by atoms with Crippen molar-refractivity contribution < 1.29 is 14.3 Å². The van der Waals surface area contributed by atoms with E-state index in [2.05, 4.69) is 4.98 Å². The average molecular weight is 328 g/mol. The summed E-state index contributed by atoms with van der Waals surface area (Å²) in [5.41, 5.74) is 2.45. The topological polar surface area (TPSA) is 53.4 Å². The van der Waals surface area contributed by atoms with Gasteiger partial charge in [0.25, 0.3) is 5.91 Å². The molecule has 1 N–H and O–H groups in total. The minimum atomic E-state index is -0.314. The van der Waals surface area contributed by atoms with E-state index in [9.17, 15) is 14.3 Å². The van der Waals surface area contributed by atoms with Crippen LogP contribution in [0.15, 0.2) is 42.7 Å². The number of likely N-dealkylation sites (tertiary alicyclic amines) is 1. The molecule has 0 saturated carbocycles. The number of carbonyl (C=O) groups excluding carboxylic acids is 1. The van der Waals surface area contributed by atoms with Gasteiger partial charge in [-0.05, 0) is 55.0 Å². The summed E-state index contributed by atoms with van der Waals surface area (Å²) in [6, 6.07) is 8.18. The molecule has 2 aromatic rings. The summed E-state index contributed by atoms with van der Waals surface area (Å²) < 4.78 is 13.0. The Labute approximate surface area is 141 Å². The molecule has 24 heavy (non-hydrogen) atoms. The molecule has 5 heteroatoms. The van der Waals surface area contributed by atoms with Crippen molar-refractivity contribution in [2.24, 2.45) is 0 Å². The lowest BCUT2D eigenvalue weighted by atomic mass is 10.0. The van der Waals surface area contributed by atoms with Crippen LogP contribution in [-0.2, 0) is 6.42 Å². The summed E-state index contributed by atoms with van der Waals surface area (Å²) in [6.07, 6.45) is 5.78. The quantitative estimate of drug-likeness (QED) is 0.943. The summed E-state index contributed by atoms with van der Waals surface area (Å²) in [4.78, 5) is 18.6. The van der Waals surface area contributed by atoms with Gasteiger partial charge in [-0.3, -0.25) is 9.78 Å². The Balaban J connectivity index is 1.72. The highest BCUT2D eigenvalue weighted by Gasteiger charge is 2.20. The normalized spacial score (nSPS) is 18.2. The molecule has 4 nitrogen and oxygen atoms in total. The number of halogens is 1. The van der Waals surface area contributed by atoms with Crippen LogP contribution >= 0.6 is 0 Å². The highest BCUT2D eigenvalue weighted by molar-refractivity contribution is 5.94. The van der Waals surface area contributed by atoms with Crippen molar-refractivity contribution in [3.8, 4) is 0 Å². The second-order valence-corrected chi connectivity index (χ2v) is 6.26. The summed E-state index contributed by atoms with van der Waals surface area (Å²) in [5, 5.41) is 9.71. The minimum absolute atomic E-state index is 0.0439. The number of nitrogens with zero attached hydrogens (tertiary/aromatic N) is 2. The molecular weight excluding hydrogens is 307 g/mol. The minimum Gasteiger partial charge on any atom is -0.393 e. The number of rotatable bonds is 3. The molecule has 0 unspecified atom stereocenters. The summed E-state index contributed by atoms with van der Waals surface area (Å²) >= 11 is 0. The van der Waals surface area contributed by atoms with Gasteiger partial charge in [0.05, 0.1) is 11.7 Å². The third-order valence-electron chi connectivity index (χ3n) is 4.35. The number of aliphatic hydroxyl groups excluding tert-OH is 1. The molecule has 126 valence electrons. The summed E-state index contributed by atoms with van der Waals surface area (Å²) in [5.74, 6) is -0.304. The fraction of sp³-hybridized carbons (Fsp3) is 0.368. The van der Waals surface area contributed by atoms with E-state index >= 15 is 0 Å². The van der Waals surface area contributed by atoms with Gasteiger partial charge in [0.15, 0.2) is 0 Å². The van der Waals surface area contributed by atoms with Gasteiger partial charge >= 0.3 is 0 Å². The van der Waals surface area contributed by atoms with E-state index in [-0.39, 0.29) is 17.8 Å². The SMILES string of the molecule is O=C(c1cncc(Cc2ccc(F)cc2)c1)N1CCC[C@@H](O)CC1. The summed E-state index contributed by atoms with van der Waals surface area (Å²) in [7, 11) is 0. The van der Waals surface area contributed by atoms with Crippen LogP contribution in [0.25, 0.3) is 0 Å². The number of hydrogen-bond donors (Lipinski definition) is 1. The van der Waals surface area contributed by atoms with Gasteiger partial charge in [0.1, 0.15) is 5.82 Å². The van der Waals surface area contributed by atoms with Gasteiger partial charge < -0.3 is 10.0 Å². The number of aromatic nitrogens is 1. The predicted molar refractivity (Wildman–Crippen MR) is 89.2 cm³/mol. The molecule has 0 spiro atoms. The van der Waals surface area contributed by atoms with Crippen LogP contribution in [0.1, 0.15) is 40.7 Å². The number of amides is 1. The van der Waals surface area contributed by atoms with Crippen LogP contribution in [0.4, 0.5) is 4.39 Å². The smallest absolute Gasteiger partial charge is 0.255 e. The van der Waals surface area contributed by atoms with Crippen molar-refractivity contribution >= 4 is 5.91 Å². The van der Waals surface area contributed by atoms with Gasteiger partial charge in [-0.2, -0.15) is 0 Å². The molecule has 1 aliphatic rings. The van der Waals surface area contributed by atoms with E-state index in [4.69, 9.17) is 0 Å². The zero-order valence-electron chi connectivity index (χ0n) is 13.5. The molecule has 1 amide bonds. The maximum atomic E-state index is 13.0. The monoisotopic (exact) mass is 328 g/mol. The highest BCUT2D eigenvalue weighted by atomic mass is 19.1. The molecule has 1 atom stereocenters. The Kier molecular flexibility index (Phi) is 5.20. The number of benzene rings is 1. The average Bonchev–Trinajstić information content (AvgIpc) is 2.81. The van der Waals surface area contributed by atoms with Gasteiger partial charge in [-0.15, -0.1) is 0 Å². The summed E-state index contributed by atoms with van der Waals surface area (Å²) in [6.45, 7) is 1.24. The van der Waals surface area contributed by atoms with E-state index in [0.29, 0.717) is 31.5 Å². The third kappa shape index (κ3) is 4.17. The van der Waals surface area contributed by atoms with E-state index in [0.717, 1.165) is 24.0 Å². The highest BCUT2D eigenvalue weighted by Crippen LogP contribution is 2.16. The zero-order chi connectivity index (χ0) is 16.9. The number of hydrogen-bond acceptors (Lipinski definition) is 3. The van der Waals surface area contributed by atoms with Crippen molar-refractivity contribution in [3.63, 3.8) is 0 Å². The standard InChI is InChI=1S/C19H21FN2O2/c20-17-5-3-14(4-6-17)10-15-11-16(13-21-12-15)19(24)22-8-1-2-18(23)7-9-22/h3-6,11-13,18,23H,1-2,7-10H2/t18-/m1/s1. The molecule has 0 bridgehead atoms. The first kappa shape index (κ1) is 16.6. The molecule has 1 aromatic carbocycles. The Morgan fingerprint density at radius 1 is 1.17 bits per heavy atom. The maximum absolute atomic E-state index is 13.0. The van der Waals surface area contributed by atoms with E-state index < -0.39 is 0 Å². The lowest BCUT2D eigenvalue weighted by Crippen LogP contribution is -2.32. The molecule has 1 aliphatic heterocycles. The molecule has 0 aliphatic carbocycles. The van der Waals surface area contributed by atoms with Crippen molar-refractivity contribution in [1.82, 2.24) is 9.88 Å². The Morgan fingerprint density at radius 2 is 1.96 bits per heavy atom. The predicted octanol–water partition coefficient (Wildman–Crippen LogP) is 2.80. The number of aliphatic hydroxyl groups is 1. The van der Waals surface area contributed by atoms with Crippen LogP contribution in [0, 0.1) is 5.82 Å². The lowest BCUT2D eigenvalue weighted by molar-refractivity contribution is 0.0752. The van der Waals surface area contributed by atoms with Crippen LogP contribution in [0.5, 0.6) is 0 Å². The fourth-order valence-corrected chi connectivity index (χ4v) is 3.00. The first-order valence-electron chi connectivity index (χ1n) is 8.27. The van der Waals surface area contributed by atoms with Crippen LogP contribution in [0.3, 0.4) is 0 Å². The molecule has 1 saturated heterocycles. The van der Waals surface area contributed by atoms with Crippen LogP contribution in [-0.4, -0.2) is 40.1 Å². The molecule has 1 aromatic heterocycles. The molecule has 1 fully saturated rings. The van der Waals surface area contributed by atoms with E-state index in [1.54, 1.807) is 29.4 Å². The van der Waals surface area contributed by atoms with Gasteiger partial charge in [0, 0.05) is 25.5 Å². The second kappa shape index (κ2) is 7.53. The van der Waals surface area contributed by atoms with Crippen LogP contribution in [0.2, 0.25) is 0 Å². The third-order valence-corrected chi connectivity index (χ3v) is 4.35. The molecular formula is C19H21FN2O2. The Hall–Kier alpha value is -2.27. The lowest BCUT2D eigenvalue weighted by Gasteiger charge is -2.20. The first-order chi connectivity index (χ1) is 11.6. The van der Waals surface area contributed by atoms with Gasteiger partial charge in [0.2, 0.25) is 0 Å².